The van der Waals surface area contributed by atoms with Gasteiger partial charge in [0.2, 0.25) is 0 Å². The van der Waals surface area contributed by atoms with E-state index in [0.717, 1.165) is 45.4 Å². The van der Waals surface area contributed by atoms with Gasteiger partial charge >= 0.3 is 0 Å². The zero-order valence-electron chi connectivity index (χ0n) is 12.3. The SMILES string of the molecule is NC1CCN(C2CCN(Cc3cc(F)ccc3O)C2)CC1. The summed E-state index contributed by atoms with van der Waals surface area (Å²) < 4.78 is 13.3. The number of nitrogens with two attached hydrogens (primary N) is 1. The fourth-order valence-electron chi connectivity index (χ4n) is 3.46. The molecule has 0 radical (unpaired) electrons. The highest BCUT2D eigenvalue weighted by Crippen LogP contribution is 2.24. The van der Waals surface area contributed by atoms with Gasteiger partial charge in [0.25, 0.3) is 0 Å². The number of piperidine rings is 1. The van der Waals surface area contributed by atoms with Crippen LogP contribution < -0.4 is 5.73 Å². The molecule has 116 valence electrons. The van der Waals surface area contributed by atoms with Crippen molar-refractivity contribution in [3.63, 3.8) is 0 Å². The van der Waals surface area contributed by atoms with Crippen LogP contribution in [0.4, 0.5) is 4.39 Å². The summed E-state index contributed by atoms with van der Waals surface area (Å²) in [4.78, 5) is 4.84. The number of nitrogens with zero attached hydrogens (tertiary/aromatic N) is 2. The zero-order chi connectivity index (χ0) is 14.8. The summed E-state index contributed by atoms with van der Waals surface area (Å²) in [6.07, 6.45) is 3.31. The van der Waals surface area contributed by atoms with Gasteiger partial charge in [0.15, 0.2) is 0 Å². The number of phenolic OH excluding ortho intramolecular Hbond substituents is 1. The Balaban J connectivity index is 1.56. The maximum atomic E-state index is 13.3. The Bertz CT molecular complexity index is 488. The third kappa shape index (κ3) is 3.54. The van der Waals surface area contributed by atoms with Crippen molar-refractivity contribution in [3.8, 4) is 5.75 Å². The van der Waals surface area contributed by atoms with Crippen LogP contribution in [0.3, 0.4) is 0 Å². The van der Waals surface area contributed by atoms with Crippen molar-refractivity contribution in [2.75, 3.05) is 26.2 Å². The van der Waals surface area contributed by atoms with Crippen LogP contribution in [0.1, 0.15) is 24.8 Å². The molecule has 2 fully saturated rings. The Kier molecular flexibility index (Phi) is 4.42. The lowest BCUT2D eigenvalue weighted by molar-refractivity contribution is 0.151. The van der Waals surface area contributed by atoms with Crippen LogP contribution in [-0.2, 0) is 6.54 Å². The molecule has 0 saturated carbocycles. The van der Waals surface area contributed by atoms with E-state index in [1.165, 1.54) is 18.2 Å². The van der Waals surface area contributed by atoms with E-state index in [9.17, 15) is 9.50 Å². The van der Waals surface area contributed by atoms with Gasteiger partial charge in [-0.05, 0) is 50.6 Å². The molecular weight excluding hydrogens is 269 g/mol. The minimum Gasteiger partial charge on any atom is -0.508 e. The van der Waals surface area contributed by atoms with Gasteiger partial charge in [-0.1, -0.05) is 0 Å². The lowest BCUT2D eigenvalue weighted by Crippen LogP contribution is -2.46. The molecule has 0 amide bonds. The summed E-state index contributed by atoms with van der Waals surface area (Å²) in [7, 11) is 0. The largest absolute Gasteiger partial charge is 0.508 e. The number of likely N-dealkylation sites (tertiary alicyclic amines) is 2. The number of halogens is 1. The molecule has 3 N–H and O–H groups in total. The van der Waals surface area contributed by atoms with E-state index >= 15 is 0 Å². The predicted octanol–water partition coefficient (Wildman–Crippen LogP) is 1.53. The second-order valence-electron chi connectivity index (χ2n) is 6.32. The van der Waals surface area contributed by atoms with E-state index in [4.69, 9.17) is 5.73 Å². The predicted molar refractivity (Wildman–Crippen MR) is 80.5 cm³/mol. The van der Waals surface area contributed by atoms with Gasteiger partial charge in [-0.2, -0.15) is 0 Å². The van der Waals surface area contributed by atoms with Crippen LogP contribution in [0.25, 0.3) is 0 Å². The van der Waals surface area contributed by atoms with Crippen molar-refractivity contribution in [1.29, 1.82) is 0 Å². The molecule has 3 rings (SSSR count). The fourth-order valence-corrected chi connectivity index (χ4v) is 3.46. The summed E-state index contributed by atoms with van der Waals surface area (Å²) in [5.41, 5.74) is 6.63. The first-order valence-electron chi connectivity index (χ1n) is 7.81. The van der Waals surface area contributed by atoms with E-state index in [2.05, 4.69) is 9.80 Å². The number of rotatable bonds is 3. The minimum atomic E-state index is -0.288. The zero-order valence-corrected chi connectivity index (χ0v) is 12.3. The molecule has 2 saturated heterocycles. The van der Waals surface area contributed by atoms with Gasteiger partial charge in [0.05, 0.1) is 0 Å². The van der Waals surface area contributed by atoms with Crippen LogP contribution in [-0.4, -0.2) is 53.2 Å². The van der Waals surface area contributed by atoms with Gasteiger partial charge in [-0.25, -0.2) is 4.39 Å². The van der Waals surface area contributed by atoms with Gasteiger partial charge in [-0.15, -0.1) is 0 Å². The highest BCUT2D eigenvalue weighted by atomic mass is 19.1. The second-order valence-corrected chi connectivity index (χ2v) is 6.32. The van der Waals surface area contributed by atoms with Crippen molar-refractivity contribution < 1.29 is 9.50 Å². The van der Waals surface area contributed by atoms with E-state index in [0.29, 0.717) is 24.2 Å². The maximum Gasteiger partial charge on any atom is 0.123 e. The number of hydrogen-bond acceptors (Lipinski definition) is 4. The Morgan fingerprint density at radius 1 is 1.19 bits per heavy atom. The molecule has 2 aliphatic heterocycles. The molecule has 0 bridgehead atoms. The van der Waals surface area contributed by atoms with E-state index in [1.807, 2.05) is 0 Å². The van der Waals surface area contributed by atoms with Crippen molar-refractivity contribution in [1.82, 2.24) is 9.80 Å². The third-order valence-corrected chi connectivity index (χ3v) is 4.77. The van der Waals surface area contributed by atoms with Gasteiger partial charge in [-0.3, -0.25) is 9.80 Å². The summed E-state index contributed by atoms with van der Waals surface area (Å²) in [6.45, 7) is 4.79. The molecule has 4 nitrogen and oxygen atoms in total. The van der Waals surface area contributed by atoms with Gasteiger partial charge in [0, 0.05) is 37.3 Å². The Morgan fingerprint density at radius 2 is 1.95 bits per heavy atom. The molecule has 21 heavy (non-hydrogen) atoms. The first-order valence-corrected chi connectivity index (χ1v) is 7.81. The Labute approximate surface area is 125 Å². The highest BCUT2D eigenvalue weighted by Gasteiger charge is 2.30. The molecule has 2 aliphatic rings. The Hall–Kier alpha value is -1.17. The monoisotopic (exact) mass is 293 g/mol. The number of aromatic hydroxyl groups is 1. The Morgan fingerprint density at radius 3 is 2.71 bits per heavy atom. The first-order chi connectivity index (χ1) is 10.1. The van der Waals surface area contributed by atoms with Gasteiger partial charge in [0.1, 0.15) is 11.6 Å². The number of hydrogen-bond donors (Lipinski definition) is 2. The molecule has 0 spiro atoms. The smallest absolute Gasteiger partial charge is 0.123 e. The molecule has 1 aromatic rings. The molecule has 1 aromatic carbocycles. The lowest BCUT2D eigenvalue weighted by Gasteiger charge is -2.34. The van der Waals surface area contributed by atoms with Gasteiger partial charge < -0.3 is 10.8 Å². The normalized spacial score (nSPS) is 25.5. The van der Waals surface area contributed by atoms with E-state index in [-0.39, 0.29) is 11.6 Å². The molecule has 1 unspecified atom stereocenters. The number of phenols is 1. The molecular formula is C16H24FN3O. The number of benzene rings is 1. The summed E-state index contributed by atoms with van der Waals surface area (Å²) in [6, 6.07) is 5.10. The fraction of sp³-hybridized carbons (Fsp3) is 0.625. The summed E-state index contributed by atoms with van der Waals surface area (Å²) >= 11 is 0. The van der Waals surface area contributed by atoms with Crippen molar-refractivity contribution in [2.24, 2.45) is 5.73 Å². The average Bonchev–Trinajstić information content (AvgIpc) is 2.92. The summed E-state index contributed by atoms with van der Waals surface area (Å²) in [5.74, 6) is -0.104. The standard InChI is InChI=1S/C16H24FN3O/c17-13-1-2-16(21)12(9-13)10-19-6-5-15(11-19)20-7-3-14(18)4-8-20/h1-2,9,14-15,21H,3-8,10-11,18H2. The van der Waals surface area contributed by atoms with Crippen LogP contribution in [0, 0.1) is 5.82 Å². The van der Waals surface area contributed by atoms with Crippen molar-refractivity contribution in [2.45, 2.75) is 37.9 Å². The molecule has 0 aliphatic carbocycles. The van der Waals surface area contributed by atoms with Crippen molar-refractivity contribution >= 4 is 0 Å². The van der Waals surface area contributed by atoms with Crippen LogP contribution >= 0.6 is 0 Å². The topological polar surface area (TPSA) is 52.7 Å². The van der Waals surface area contributed by atoms with E-state index < -0.39 is 0 Å². The van der Waals surface area contributed by atoms with Crippen LogP contribution in [0.5, 0.6) is 5.75 Å². The molecule has 0 aromatic heterocycles. The summed E-state index contributed by atoms with van der Waals surface area (Å²) in [5, 5.41) is 9.82. The van der Waals surface area contributed by atoms with Crippen LogP contribution in [0.2, 0.25) is 0 Å². The molecule has 2 heterocycles. The van der Waals surface area contributed by atoms with E-state index in [1.54, 1.807) is 0 Å². The lowest BCUT2D eigenvalue weighted by atomic mass is 10.0. The van der Waals surface area contributed by atoms with Crippen LogP contribution in [0.15, 0.2) is 18.2 Å². The second kappa shape index (κ2) is 6.30. The molecule has 5 heteroatoms. The van der Waals surface area contributed by atoms with Crippen molar-refractivity contribution in [3.05, 3.63) is 29.6 Å². The third-order valence-electron chi connectivity index (χ3n) is 4.77. The quantitative estimate of drug-likeness (QED) is 0.887. The highest BCUT2D eigenvalue weighted by molar-refractivity contribution is 5.32. The first kappa shape index (κ1) is 14.8. The average molecular weight is 293 g/mol. The maximum absolute atomic E-state index is 13.3. The minimum absolute atomic E-state index is 0.184. The molecule has 1 atom stereocenters.